The van der Waals surface area contributed by atoms with E-state index in [2.05, 4.69) is 24.0 Å². The van der Waals surface area contributed by atoms with Gasteiger partial charge in [-0.15, -0.1) is 0 Å². The lowest BCUT2D eigenvalue weighted by Crippen LogP contribution is -2.13. The minimum Gasteiger partial charge on any atom is -0.393 e. The van der Waals surface area contributed by atoms with Crippen LogP contribution in [0, 0.1) is 12.8 Å². The number of aliphatic hydroxyl groups is 1. The van der Waals surface area contributed by atoms with Crippen molar-refractivity contribution in [3.63, 3.8) is 0 Å². The van der Waals surface area contributed by atoms with Crippen molar-refractivity contribution in [2.75, 3.05) is 0 Å². The van der Waals surface area contributed by atoms with E-state index < -0.39 is 6.10 Å². The zero-order valence-electron chi connectivity index (χ0n) is 11.6. The molecule has 1 aromatic carbocycles. The minimum absolute atomic E-state index is 0.414. The smallest absolute Gasteiger partial charge is 0.229 e. The molecule has 1 heterocycles. The molecule has 1 N–H and O–H groups in total. The summed E-state index contributed by atoms with van der Waals surface area (Å²) in [6.07, 6.45) is 0.726. The molecular weight excluding hydrogens is 240 g/mol. The van der Waals surface area contributed by atoms with Gasteiger partial charge < -0.3 is 9.63 Å². The molecule has 2 aromatic rings. The maximum Gasteiger partial charge on any atom is 0.229 e. The molecule has 0 bridgehead atoms. The third kappa shape index (κ3) is 3.64. The average molecular weight is 260 g/mol. The fraction of sp³-hybridized carbons (Fsp3) is 0.467. The molecule has 0 amide bonds. The largest absolute Gasteiger partial charge is 0.393 e. The molecular formula is C15H20N2O2. The van der Waals surface area contributed by atoms with Crippen molar-refractivity contribution in [1.29, 1.82) is 0 Å². The lowest BCUT2D eigenvalue weighted by molar-refractivity contribution is 0.138. The van der Waals surface area contributed by atoms with Crippen molar-refractivity contribution < 1.29 is 9.63 Å². The summed E-state index contributed by atoms with van der Waals surface area (Å²) in [6, 6.07) is 7.91. The molecule has 1 unspecified atom stereocenters. The molecule has 4 heteroatoms. The maximum absolute atomic E-state index is 9.88. The van der Waals surface area contributed by atoms with Gasteiger partial charge >= 0.3 is 0 Å². The Morgan fingerprint density at radius 3 is 2.68 bits per heavy atom. The van der Waals surface area contributed by atoms with E-state index in [4.69, 9.17) is 4.52 Å². The fourth-order valence-electron chi connectivity index (χ4n) is 2.10. The summed E-state index contributed by atoms with van der Waals surface area (Å²) in [4.78, 5) is 4.35. The summed E-state index contributed by atoms with van der Waals surface area (Å²) in [5.41, 5.74) is 2.08. The number of aromatic nitrogens is 2. The first-order valence-electron chi connectivity index (χ1n) is 6.63. The number of hydrogen-bond acceptors (Lipinski definition) is 4. The van der Waals surface area contributed by atoms with Crippen LogP contribution in [0.15, 0.2) is 28.8 Å². The highest BCUT2D eigenvalue weighted by atomic mass is 16.5. The number of aliphatic hydroxyl groups excluding tert-OH is 1. The molecule has 0 aliphatic rings. The second-order valence-electron chi connectivity index (χ2n) is 5.31. The van der Waals surface area contributed by atoms with Crippen LogP contribution in [0.4, 0.5) is 0 Å². The van der Waals surface area contributed by atoms with Gasteiger partial charge in [0.05, 0.1) is 12.5 Å². The molecule has 0 fully saturated rings. The van der Waals surface area contributed by atoms with E-state index >= 15 is 0 Å². The molecule has 0 aliphatic heterocycles. The third-order valence-corrected chi connectivity index (χ3v) is 3.01. The SMILES string of the molecule is Cc1ccccc1-c1noc(CC(O)CC(C)C)n1. The van der Waals surface area contributed by atoms with Gasteiger partial charge in [-0.25, -0.2) is 0 Å². The highest BCUT2D eigenvalue weighted by Gasteiger charge is 2.15. The monoisotopic (exact) mass is 260 g/mol. The second kappa shape index (κ2) is 5.97. The highest BCUT2D eigenvalue weighted by molar-refractivity contribution is 5.58. The van der Waals surface area contributed by atoms with E-state index in [-0.39, 0.29) is 0 Å². The Morgan fingerprint density at radius 1 is 1.26 bits per heavy atom. The summed E-state index contributed by atoms with van der Waals surface area (Å²) >= 11 is 0. The molecule has 0 radical (unpaired) electrons. The predicted molar refractivity (Wildman–Crippen MR) is 73.6 cm³/mol. The first kappa shape index (κ1) is 13.7. The van der Waals surface area contributed by atoms with Crippen molar-refractivity contribution in [3.05, 3.63) is 35.7 Å². The Kier molecular flexibility index (Phi) is 4.32. The van der Waals surface area contributed by atoms with Gasteiger partial charge in [-0.1, -0.05) is 43.3 Å². The van der Waals surface area contributed by atoms with E-state index in [1.165, 1.54) is 0 Å². The third-order valence-electron chi connectivity index (χ3n) is 3.01. The topological polar surface area (TPSA) is 59.2 Å². The molecule has 102 valence electrons. The van der Waals surface area contributed by atoms with E-state index in [9.17, 15) is 5.11 Å². The van der Waals surface area contributed by atoms with Crippen molar-refractivity contribution in [1.82, 2.24) is 10.1 Å². The second-order valence-corrected chi connectivity index (χ2v) is 5.31. The van der Waals surface area contributed by atoms with E-state index in [0.29, 0.717) is 24.1 Å². The lowest BCUT2D eigenvalue weighted by atomic mass is 10.0. The van der Waals surface area contributed by atoms with Crippen LogP contribution in [0.25, 0.3) is 11.4 Å². The molecule has 1 aromatic heterocycles. The van der Waals surface area contributed by atoms with Crippen LogP contribution in [-0.2, 0) is 6.42 Å². The van der Waals surface area contributed by atoms with Crippen LogP contribution in [0.1, 0.15) is 31.7 Å². The zero-order valence-corrected chi connectivity index (χ0v) is 11.6. The van der Waals surface area contributed by atoms with Crippen LogP contribution >= 0.6 is 0 Å². The van der Waals surface area contributed by atoms with Gasteiger partial charge in [0, 0.05) is 5.56 Å². The molecule has 4 nitrogen and oxygen atoms in total. The van der Waals surface area contributed by atoms with Gasteiger partial charge in [-0.3, -0.25) is 0 Å². The van der Waals surface area contributed by atoms with Gasteiger partial charge in [0.1, 0.15) is 0 Å². The summed E-state index contributed by atoms with van der Waals surface area (Å²) in [7, 11) is 0. The molecule has 0 spiro atoms. The number of nitrogens with zero attached hydrogens (tertiary/aromatic N) is 2. The first-order valence-corrected chi connectivity index (χ1v) is 6.63. The van der Waals surface area contributed by atoms with Crippen LogP contribution < -0.4 is 0 Å². The minimum atomic E-state index is -0.426. The molecule has 2 rings (SSSR count). The number of rotatable bonds is 5. The van der Waals surface area contributed by atoms with Crippen LogP contribution in [0.3, 0.4) is 0 Å². The number of benzene rings is 1. The van der Waals surface area contributed by atoms with Crippen LogP contribution in [0.5, 0.6) is 0 Å². The van der Waals surface area contributed by atoms with Crippen LogP contribution in [0.2, 0.25) is 0 Å². The lowest BCUT2D eigenvalue weighted by Gasteiger charge is -2.09. The Hall–Kier alpha value is -1.68. The van der Waals surface area contributed by atoms with Crippen molar-refractivity contribution >= 4 is 0 Å². The van der Waals surface area contributed by atoms with Gasteiger partial charge in [0.2, 0.25) is 11.7 Å². The summed E-state index contributed by atoms with van der Waals surface area (Å²) in [5.74, 6) is 1.53. The van der Waals surface area contributed by atoms with Gasteiger partial charge in [0.25, 0.3) is 0 Å². The fourth-order valence-corrected chi connectivity index (χ4v) is 2.10. The van der Waals surface area contributed by atoms with E-state index in [1.807, 2.05) is 31.2 Å². The highest BCUT2D eigenvalue weighted by Crippen LogP contribution is 2.20. The van der Waals surface area contributed by atoms with Crippen molar-refractivity contribution in [2.45, 2.75) is 39.7 Å². The standard InChI is InChI=1S/C15H20N2O2/c1-10(2)8-12(18)9-14-16-15(17-19-14)13-7-5-4-6-11(13)3/h4-7,10,12,18H,8-9H2,1-3H3. The summed E-state index contributed by atoms with van der Waals surface area (Å²) in [6.45, 7) is 6.17. The number of hydrogen-bond donors (Lipinski definition) is 1. The molecule has 0 saturated heterocycles. The van der Waals surface area contributed by atoms with Crippen molar-refractivity contribution in [3.8, 4) is 11.4 Å². The van der Waals surface area contributed by atoms with Crippen LogP contribution in [-0.4, -0.2) is 21.4 Å². The van der Waals surface area contributed by atoms with Crippen molar-refractivity contribution in [2.24, 2.45) is 5.92 Å². The molecule has 19 heavy (non-hydrogen) atoms. The summed E-state index contributed by atoms with van der Waals surface area (Å²) < 4.78 is 5.21. The Balaban J connectivity index is 2.09. The van der Waals surface area contributed by atoms with Gasteiger partial charge in [0.15, 0.2) is 0 Å². The molecule has 0 saturated carbocycles. The Morgan fingerprint density at radius 2 is 2.00 bits per heavy atom. The normalized spacial score (nSPS) is 12.9. The van der Waals surface area contributed by atoms with E-state index in [1.54, 1.807) is 0 Å². The quantitative estimate of drug-likeness (QED) is 0.897. The zero-order chi connectivity index (χ0) is 13.8. The van der Waals surface area contributed by atoms with Gasteiger partial charge in [-0.05, 0) is 24.8 Å². The van der Waals surface area contributed by atoms with E-state index in [0.717, 1.165) is 17.5 Å². The number of aryl methyl sites for hydroxylation is 1. The Labute approximate surface area is 113 Å². The molecule has 1 atom stereocenters. The van der Waals surface area contributed by atoms with Gasteiger partial charge in [-0.2, -0.15) is 4.98 Å². The Bertz CT molecular complexity index is 534. The predicted octanol–water partition coefficient (Wildman–Crippen LogP) is 2.99. The maximum atomic E-state index is 9.88. The average Bonchev–Trinajstić information content (AvgIpc) is 2.76. The first-order chi connectivity index (χ1) is 9.06. The molecule has 0 aliphatic carbocycles. The summed E-state index contributed by atoms with van der Waals surface area (Å²) in [5, 5.41) is 13.9.